The van der Waals surface area contributed by atoms with Crippen molar-refractivity contribution in [2.75, 3.05) is 32.7 Å². The number of H-pyrrole nitrogens is 1. The lowest BCUT2D eigenvalue weighted by Crippen LogP contribution is -2.36. The topological polar surface area (TPSA) is 82.5 Å². The van der Waals surface area contributed by atoms with Gasteiger partial charge in [0.05, 0.1) is 23.4 Å². The van der Waals surface area contributed by atoms with Gasteiger partial charge in [-0.2, -0.15) is 0 Å². The van der Waals surface area contributed by atoms with E-state index in [1.807, 2.05) is 0 Å². The van der Waals surface area contributed by atoms with E-state index < -0.39 is 4.92 Å². The Balaban J connectivity index is 1.54. The summed E-state index contributed by atoms with van der Waals surface area (Å²) in [7, 11) is 0. The van der Waals surface area contributed by atoms with Gasteiger partial charge < -0.3 is 4.98 Å². The van der Waals surface area contributed by atoms with Crippen LogP contribution in [-0.2, 0) is 0 Å². The number of hydrogen-bond acceptors (Lipinski definition) is 5. The average Bonchev–Trinajstić information content (AvgIpc) is 3.19. The van der Waals surface area contributed by atoms with E-state index in [0.29, 0.717) is 18.3 Å². The molecule has 1 aromatic rings. The van der Waals surface area contributed by atoms with Crippen LogP contribution in [0.3, 0.4) is 0 Å². The molecule has 0 aromatic carbocycles. The molecule has 1 unspecified atom stereocenters. The van der Waals surface area contributed by atoms with Crippen LogP contribution in [0.2, 0.25) is 0 Å². The summed E-state index contributed by atoms with van der Waals surface area (Å²) in [5, 5.41) is 10.6. The quantitative estimate of drug-likeness (QED) is 0.502. The standard InChI is InChI=1S/C14H20N4O3/c19-14(13-7-12(8-15-13)18(20)21)10-16-6-3-11(9-16)17-4-1-2-5-17/h7-8,11,15H,1-6,9-10H2. The summed E-state index contributed by atoms with van der Waals surface area (Å²) in [4.78, 5) is 29.7. The molecular weight excluding hydrogens is 272 g/mol. The summed E-state index contributed by atoms with van der Waals surface area (Å²) in [5.41, 5.74) is 0.265. The van der Waals surface area contributed by atoms with E-state index in [-0.39, 0.29) is 11.5 Å². The molecule has 7 nitrogen and oxygen atoms in total. The smallest absolute Gasteiger partial charge is 0.287 e. The third-order valence-electron chi connectivity index (χ3n) is 4.45. The summed E-state index contributed by atoms with van der Waals surface area (Å²) in [6, 6.07) is 1.88. The van der Waals surface area contributed by atoms with Gasteiger partial charge in [-0.3, -0.25) is 24.7 Å². The Kier molecular flexibility index (Phi) is 4.03. The molecule has 0 radical (unpaired) electrons. The van der Waals surface area contributed by atoms with Crippen LogP contribution in [0.1, 0.15) is 29.8 Å². The molecule has 3 rings (SSSR count). The molecular formula is C14H20N4O3. The molecule has 1 N–H and O–H groups in total. The van der Waals surface area contributed by atoms with Crippen LogP contribution in [0.4, 0.5) is 5.69 Å². The van der Waals surface area contributed by atoms with Crippen molar-refractivity contribution in [3.63, 3.8) is 0 Å². The second-order valence-corrected chi connectivity index (χ2v) is 5.87. The number of nitrogens with zero attached hydrogens (tertiary/aromatic N) is 3. The number of nitrogens with one attached hydrogen (secondary N) is 1. The number of rotatable bonds is 5. The molecule has 114 valence electrons. The Labute approximate surface area is 123 Å². The van der Waals surface area contributed by atoms with Gasteiger partial charge in [-0.15, -0.1) is 0 Å². The van der Waals surface area contributed by atoms with Gasteiger partial charge in [-0.05, 0) is 32.4 Å². The van der Waals surface area contributed by atoms with E-state index >= 15 is 0 Å². The number of aromatic amines is 1. The van der Waals surface area contributed by atoms with Crippen LogP contribution >= 0.6 is 0 Å². The molecule has 7 heteroatoms. The van der Waals surface area contributed by atoms with E-state index in [1.165, 1.54) is 38.2 Å². The summed E-state index contributed by atoms with van der Waals surface area (Å²) in [6.45, 7) is 4.54. The first-order valence-corrected chi connectivity index (χ1v) is 7.46. The third-order valence-corrected chi connectivity index (χ3v) is 4.45. The SMILES string of the molecule is O=C(CN1CCC(N2CCCC2)C1)c1cc([N+](=O)[O-])c[nH]1. The van der Waals surface area contributed by atoms with Gasteiger partial charge in [0, 0.05) is 25.2 Å². The summed E-state index contributed by atoms with van der Waals surface area (Å²) in [5.74, 6) is -0.0785. The molecule has 0 saturated carbocycles. The molecule has 21 heavy (non-hydrogen) atoms. The zero-order valence-corrected chi connectivity index (χ0v) is 12.0. The average molecular weight is 292 g/mol. The molecule has 1 atom stereocenters. The molecule has 2 saturated heterocycles. The lowest BCUT2D eigenvalue weighted by atomic mass is 10.2. The van der Waals surface area contributed by atoms with Gasteiger partial charge in [-0.1, -0.05) is 0 Å². The molecule has 0 spiro atoms. The van der Waals surface area contributed by atoms with Crippen LogP contribution in [0.15, 0.2) is 12.3 Å². The highest BCUT2D eigenvalue weighted by molar-refractivity contribution is 5.96. The number of hydrogen-bond donors (Lipinski definition) is 1. The highest BCUT2D eigenvalue weighted by atomic mass is 16.6. The maximum Gasteiger partial charge on any atom is 0.287 e. The molecule has 0 amide bonds. The van der Waals surface area contributed by atoms with Crippen molar-refractivity contribution in [1.82, 2.24) is 14.8 Å². The highest BCUT2D eigenvalue weighted by Gasteiger charge is 2.30. The van der Waals surface area contributed by atoms with Gasteiger partial charge in [-0.25, -0.2) is 0 Å². The van der Waals surface area contributed by atoms with E-state index in [9.17, 15) is 14.9 Å². The Morgan fingerprint density at radius 3 is 2.81 bits per heavy atom. The lowest BCUT2D eigenvalue weighted by Gasteiger charge is -2.23. The van der Waals surface area contributed by atoms with Crippen LogP contribution in [0.25, 0.3) is 0 Å². The molecule has 3 heterocycles. The number of aromatic nitrogens is 1. The van der Waals surface area contributed by atoms with Crippen LogP contribution < -0.4 is 0 Å². The summed E-state index contributed by atoms with van der Waals surface area (Å²) >= 11 is 0. The van der Waals surface area contributed by atoms with Crippen molar-refractivity contribution >= 4 is 11.5 Å². The van der Waals surface area contributed by atoms with Gasteiger partial charge in [0.25, 0.3) is 5.69 Å². The molecule has 2 aliphatic heterocycles. The van der Waals surface area contributed by atoms with E-state index in [1.54, 1.807) is 0 Å². The number of ketones is 1. The fourth-order valence-corrected chi connectivity index (χ4v) is 3.30. The number of carbonyl (C=O) groups excluding carboxylic acids is 1. The van der Waals surface area contributed by atoms with Crippen molar-refractivity contribution in [2.24, 2.45) is 0 Å². The lowest BCUT2D eigenvalue weighted by molar-refractivity contribution is -0.384. The largest absolute Gasteiger partial charge is 0.353 e. The fourth-order valence-electron chi connectivity index (χ4n) is 3.30. The van der Waals surface area contributed by atoms with Gasteiger partial charge in [0.1, 0.15) is 0 Å². The zero-order valence-electron chi connectivity index (χ0n) is 12.0. The summed E-state index contributed by atoms with van der Waals surface area (Å²) in [6.07, 6.45) is 4.94. The number of carbonyl (C=O) groups is 1. The monoisotopic (exact) mass is 292 g/mol. The Hall–Kier alpha value is -1.73. The van der Waals surface area contributed by atoms with Crippen molar-refractivity contribution < 1.29 is 9.72 Å². The van der Waals surface area contributed by atoms with Crippen LogP contribution in [0.5, 0.6) is 0 Å². The third kappa shape index (κ3) is 3.14. The predicted molar refractivity (Wildman–Crippen MR) is 77.4 cm³/mol. The second kappa shape index (κ2) is 5.95. The molecule has 0 bridgehead atoms. The van der Waals surface area contributed by atoms with E-state index in [2.05, 4.69) is 14.8 Å². The number of nitro groups is 1. The first-order chi connectivity index (χ1) is 10.1. The van der Waals surface area contributed by atoms with E-state index in [0.717, 1.165) is 19.5 Å². The maximum absolute atomic E-state index is 12.2. The first-order valence-electron chi connectivity index (χ1n) is 7.46. The predicted octanol–water partition coefficient (Wildman–Crippen LogP) is 1.28. The van der Waals surface area contributed by atoms with Crippen LogP contribution in [0, 0.1) is 10.1 Å². The Morgan fingerprint density at radius 1 is 1.38 bits per heavy atom. The van der Waals surface area contributed by atoms with Crippen molar-refractivity contribution in [2.45, 2.75) is 25.3 Å². The minimum Gasteiger partial charge on any atom is -0.353 e. The first kappa shape index (κ1) is 14.2. The molecule has 2 aliphatic rings. The van der Waals surface area contributed by atoms with Gasteiger partial charge in [0.2, 0.25) is 0 Å². The van der Waals surface area contributed by atoms with E-state index in [4.69, 9.17) is 0 Å². The van der Waals surface area contributed by atoms with Gasteiger partial charge >= 0.3 is 0 Å². The second-order valence-electron chi connectivity index (χ2n) is 5.87. The normalized spacial score (nSPS) is 23.7. The molecule has 2 fully saturated rings. The minimum atomic E-state index is -0.494. The Morgan fingerprint density at radius 2 is 2.14 bits per heavy atom. The Bertz CT molecular complexity index is 536. The highest BCUT2D eigenvalue weighted by Crippen LogP contribution is 2.21. The van der Waals surface area contributed by atoms with Gasteiger partial charge in [0.15, 0.2) is 5.78 Å². The summed E-state index contributed by atoms with van der Waals surface area (Å²) < 4.78 is 0. The van der Waals surface area contributed by atoms with Crippen molar-refractivity contribution in [3.8, 4) is 0 Å². The van der Waals surface area contributed by atoms with Crippen molar-refractivity contribution in [3.05, 3.63) is 28.1 Å². The van der Waals surface area contributed by atoms with Crippen molar-refractivity contribution in [1.29, 1.82) is 0 Å². The number of likely N-dealkylation sites (tertiary alicyclic amines) is 2. The fraction of sp³-hybridized carbons (Fsp3) is 0.643. The van der Waals surface area contributed by atoms with Crippen LogP contribution in [-0.4, -0.2) is 64.3 Å². The zero-order chi connectivity index (χ0) is 14.8. The maximum atomic E-state index is 12.2. The number of Topliss-reactive ketones (excluding diaryl/α,β-unsaturated/α-hetero) is 1. The molecule has 1 aromatic heterocycles. The molecule has 0 aliphatic carbocycles. The minimum absolute atomic E-state index is 0.0604.